The molecule has 6 heteroatoms. The van der Waals surface area contributed by atoms with Crippen LogP contribution in [-0.2, 0) is 9.57 Å². The lowest BCUT2D eigenvalue weighted by atomic mass is 10.1. The SMILES string of the molecule is Brc1cnc(NOCC2CCOC2)nc1. The maximum Gasteiger partial charge on any atom is 0.247 e. The van der Waals surface area contributed by atoms with Crippen molar-refractivity contribution in [3.05, 3.63) is 16.9 Å². The first-order chi connectivity index (χ1) is 7.34. The van der Waals surface area contributed by atoms with E-state index in [4.69, 9.17) is 9.57 Å². The van der Waals surface area contributed by atoms with Crippen molar-refractivity contribution in [2.75, 3.05) is 25.3 Å². The Kier molecular flexibility index (Phi) is 3.87. The van der Waals surface area contributed by atoms with Gasteiger partial charge in [-0.15, -0.1) is 0 Å². The summed E-state index contributed by atoms with van der Waals surface area (Å²) in [6.07, 6.45) is 4.39. The highest BCUT2D eigenvalue weighted by Gasteiger charge is 2.15. The van der Waals surface area contributed by atoms with Gasteiger partial charge in [0.2, 0.25) is 5.95 Å². The van der Waals surface area contributed by atoms with Gasteiger partial charge < -0.3 is 4.74 Å². The van der Waals surface area contributed by atoms with Gasteiger partial charge in [0.15, 0.2) is 0 Å². The van der Waals surface area contributed by atoms with Crippen molar-refractivity contribution >= 4 is 21.9 Å². The number of hydrogen-bond donors (Lipinski definition) is 1. The number of nitrogens with zero attached hydrogens (tertiary/aromatic N) is 2. The average molecular weight is 274 g/mol. The number of aromatic nitrogens is 2. The van der Waals surface area contributed by atoms with Crippen LogP contribution in [0.2, 0.25) is 0 Å². The van der Waals surface area contributed by atoms with Crippen LogP contribution in [0.15, 0.2) is 16.9 Å². The lowest BCUT2D eigenvalue weighted by molar-refractivity contribution is 0.125. The summed E-state index contributed by atoms with van der Waals surface area (Å²) in [7, 11) is 0. The van der Waals surface area contributed by atoms with Crippen LogP contribution in [-0.4, -0.2) is 29.8 Å². The molecular weight excluding hydrogens is 262 g/mol. The van der Waals surface area contributed by atoms with Crippen LogP contribution in [0.5, 0.6) is 0 Å². The number of ether oxygens (including phenoxy) is 1. The van der Waals surface area contributed by atoms with Gasteiger partial charge in [0.05, 0.1) is 17.7 Å². The minimum absolute atomic E-state index is 0.470. The Balaban J connectivity index is 1.71. The van der Waals surface area contributed by atoms with Gasteiger partial charge in [-0.05, 0) is 22.4 Å². The van der Waals surface area contributed by atoms with Crippen LogP contribution in [0.3, 0.4) is 0 Å². The Bertz CT molecular complexity index is 301. The predicted molar refractivity (Wildman–Crippen MR) is 58.2 cm³/mol. The molecule has 1 unspecified atom stereocenters. The first kappa shape index (κ1) is 10.8. The van der Waals surface area contributed by atoms with Crippen molar-refractivity contribution in [2.24, 2.45) is 5.92 Å². The Morgan fingerprint density at radius 3 is 3.00 bits per heavy atom. The number of anilines is 1. The maximum absolute atomic E-state index is 5.27. The van der Waals surface area contributed by atoms with Crippen LogP contribution in [0, 0.1) is 5.92 Å². The number of nitrogens with one attached hydrogen (secondary N) is 1. The molecule has 2 heterocycles. The van der Waals surface area contributed by atoms with Gasteiger partial charge in [-0.25, -0.2) is 15.4 Å². The molecule has 1 aromatic heterocycles. The summed E-state index contributed by atoms with van der Waals surface area (Å²) in [5.74, 6) is 0.949. The topological polar surface area (TPSA) is 56.3 Å². The number of rotatable bonds is 4. The first-order valence-corrected chi connectivity index (χ1v) is 5.57. The lowest BCUT2D eigenvalue weighted by Gasteiger charge is -2.08. The van der Waals surface area contributed by atoms with Gasteiger partial charge in [-0.3, -0.25) is 4.84 Å². The first-order valence-electron chi connectivity index (χ1n) is 4.77. The van der Waals surface area contributed by atoms with Crippen molar-refractivity contribution in [1.82, 2.24) is 9.97 Å². The monoisotopic (exact) mass is 273 g/mol. The van der Waals surface area contributed by atoms with Gasteiger partial charge in [-0.1, -0.05) is 0 Å². The van der Waals surface area contributed by atoms with E-state index in [1.165, 1.54) is 0 Å². The number of hydrogen-bond acceptors (Lipinski definition) is 5. The fraction of sp³-hybridized carbons (Fsp3) is 0.556. The van der Waals surface area contributed by atoms with E-state index in [2.05, 4.69) is 31.4 Å². The third-order valence-electron chi connectivity index (χ3n) is 2.13. The lowest BCUT2D eigenvalue weighted by Crippen LogP contribution is -2.14. The largest absolute Gasteiger partial charge is 0.381 e. The summed E-state index contributed by atoms with van der Waals surface area (Å²) in [5, 5.41) is 0. The van der Waals surface area contributed by atoms with E-state index in [0.717, 1.165) is 24.1 Å². The van der Waals surface area contributed by atoms with Crippen molar-refractivity contribution in [1.29, 1.82) is 0 Å². The summed E-state index contributed by atoms with van der Waals surface area (Å²) >= 11 is 3.26. The summed E-state index contributed by atoms with van der Waals surface area (Å²) in [6, 6.07) is 0. The van der Waals surface area contributed by atoms with E-state index in [1.807, 2.05) is 0 Å². The predicted octanol–water partition coefficient (Wildman–Crippen LogP) is 1.62. The van der Waals surface area contributed by atoms with E-state index in [-0.39, 0.29) is 0 Å². The maximum atomic E-state index is 5.27. The highest BCUT2D eigenvalue weighted by molar-refractivity contribution is 9.10. The molecule has 0 amide bonds. The zero-order valence-electron chi connectivity index (χ0n) is 8.15. The molecule has 0 aliphatic carbocycles. The molecule has 5 nitrogen and oxygen atoms in total. The van der Waals surface area contributed by atoms with Crippen molar-refractivity contribution in [2.45, 2.75) is 6.42 Å². The molecular formula is C9H12BrN3O2. The summed E-state index contributed by atoms with van der Waals surface area (Å²) in [6.45, 7) is 2.24. The molecule has 1 atom stereocenters. The molecule has 0 radical (unpaired) electrons. The third-order valence-corrected chi connectivity index (χ3v) is 2.54. The van der Waals surface area contributed by atoms with Gasteiger partial charge in [0, 0.05) is 24.9 Å². The van der Waals surface area contributed by atoms with Crippen LogP contribution < -0.4 is 5.48 Å². The third kappa shape index (κ3) is 3.40. The second-order valence-corrected chi connectivity index (χ2v) is 4.28. The Morgan fingerprint density at radius 1 is 1.53 bits per heavy atom. The average Bonchev–Trinajstić information content (AvgIpc) is 2.74. The smallest absolute Gasteiger partial charge is 0.247 e. The zero-order valence-corrected chi connectivity index (χ0v) is 9.74. The highest BCUT2D eigenvalue weighted by atomic mass is 79.9. The van der Waals surface area contributed by atoms with Gasteiger partial charge >= 0.3 is 0 Å². The molecule has 0 saturated carbocycles. The van der Waals surface area contributed by atoms with E-state index < -0.39 is 0 Å². The molecule has 1 saturated heterocycles. The molecule has 1 aliphatic heterocycles. The molecule has 0 aromatic carbocycles. The zero-order chi connectivity index (χ0) is 10.5. The van der Waals surface area contributed by atoms with Gasteiger partial charge in [-0.2, -0.15) is 0 Å². The molecule has 2 rings (SSSR count). The second-order valence-electron chi connectivity index (χ2n) is 3.37. The van der Waals surface area contributed by atoms with E-state index in [9.17, 15) is 0 Å². The molecule has 1 N–H and O–H groups in total. The van der Waals surface area contributed by atoms with Gasteiger partial charge in [0.1, 0.15) is 0 Å². The van der Waals surface area contributed by atoms with Crippen LogP contribution >= 0.6 is 15.9 Å². The highest BCUT2D eigenvalue weighted by Crippen LogP contribution is 2.12. The van der Waals surface area contributed by atoms with Crippen molar-refractivity contribution in [3.8, 4) is 0 Å². The molecule has 0 spiro atoms. The Hall–Kier alpha value is -0.720. The Labute approximate surface area is 96.3 Å². The summed E-state index contributed by atoms with van der Waals surface area (Å²) in [5.41, 5.74) is 2.70. The molecule has 82 valence electrons. The molecule has 0 bridgehead atoms. The van der Waals surface area contributed by atoms with Gasteiger partial charge in [0.25, 0.3) is 0 Å². The normalized spacial score (nSPS) is 20.5. The van der Waals surface area contributed by atoms with E-state index in [0.29, 0.717) is 18.5 Å². The minimum Gasteiger partial charge on any atom is -0.381 e. The fourth-order valence-corrected chi connectivity index (χ4v) is 1.51. The summed E-state index contributed by atoms with van der Waals surface area (Å²) < 4.78 is 6.08. The van der Waals surface area contributed by atoms with Crippen LogP contribution in [0.4, 0.5) is 5.95 Å². The minimum atomic E-state index is 0.470. The number of halogens is 1. The molecule has 15 heavy (non-hydrogen) atoms. The summed E-state index contributed by atoms with van der Waals surface area (Å²) in [4.78, 5) is 13.3. The fourth-order valence-electron chi connectivity index (χ4n) is 1.30. The van der Waals surface area contributed by atoms with Crippen LogP contribution in [0.1, 0.15) is 6.42 Å². The Morgan fingerprint density at radius 2 is 2.33 bits per heavy atom. The van der Waals surface area contributed by atoms with E-state index >= 15 is 0 Å². The molecule has 1 aliphatic rings. The van der Waals surface area contributed by atoms with Crippen LogP contribution in [0.25, 0.3) is 0 Å². The van der Waals surface area contributed by atoms with Crippen molar-refractivity contribution in [3.63, 3.8) is 0 Å². The molecule has 1 fully saturated rings. The van der Waals surface area contributed by atoms with E-state index in [1.54, 1.807) is 12.4 Å². The molecule has 1 aromatic rings. The van der Waals surface area contributed by atoms with Crippen molar-refractivity contribution < 1.29 is 9.57 Å². The second kappa shape index (κ2) is 5.39. The quantitative estimate of drug-likeness (QED) is 0.845. The standard InChI is InChI=1S/C9H12BrN3O2/c10-8-3-11-9(12-4-8)13-15-6-7-1-2-14-5-7/h3-4,7H,1-2,5-6H2,(H,11,12,13).